The number of piperidine rings is 1. The van der Waals surface area contributed by atoms with E-state index >= 15 is 0 Å². The van der Waals surface area contributed by atoms with Crippen LogP contribution < -0.4 is 0 Å². The van der Waals surface area contributed by atoms with Gasteiger partial charge in [-0.05, 0) is 19.9 Å². The van der Waals surface area contributed by atoms with E-state index in [2.05, 4.69) is 9.97 Å². The minimum absolute atomic E-state index is 0.0544. The Morgan fingerprint density at radius 2 is 1.82 bits per heavy atom. The molecule has 0 saturated carbocycles. The summed E-state index contributed by atoms with van der Waals surface area (Å²) in [5.41, 5.74) is -0.000347. The summed E-state index contributed by atoms with van der Waals surface area (Å²) in [5, 5.41) is 19.4. The number of aliphatic hydroxyl groups is 1. The SMILES string of the molecule is Cc1cc(C)nc(SCC(=O)N2CCC(O)(C(=O)O)CC2)n1. The van der Waals surface area contributed by atoms with Crippen LogP contribution in [0.4, 0.5) is 0 Å². The first kappa shape index (κ1) is 16.7. The summed E-state index contributed by atoms with van der Waals surface area (Å²) in [6, 6.07) is 1.86. The molecule has 1 aromatic heterocycles. The highest BCUT2D eigenvalue weighted by Crippen LogP contribution is 2.23. The number of nitrogens with zero attached hydrogens (tertiary/aromatic N) is 3. The van der Waals surface area contributed by atoms with E-state index in [0.717, 1.165) is 11.4 Å². The fraction of sp³-hybridized carbons (Fsp3) is 0.571. The fourth-order valence-corrected chi connectivity index (χ4v) is 3.17. The molecule has 2 heterocycles. The number of aryl methyl sites for hydroxylation is 2. The van der Waals surface area contributed by atoms with Crippen molar-refractivity contribution in [2.75, 3.05) is 18.8 Å². The number of hydrogen-bond acceptors (Lipinski definition) is 6. The number of carboxylic acid groups (broad SMARTS) is 1. The maximum atomic E-state index is 12.1. The Kier molecular flexibility index (Phi) is 5.02. The number of rotatable bonds is 4. The van der Waals surface area contributed by atoms with Crippen molar-refractivity contribution in [3.63, 3.8) is 0 Å². The molecule has 0 bridgehead atoms. The van der Waals surface area contributed by atoms with E-state index in [-0.39, 0.29) is 37.6 Å². The minimum Gasteiger partial charge on any atom is -0.479 e. The molecule has 0 unspecified atom stereocenters. The number of carbonyl (C=O) groups is 2. The number of carbonyl (C=O) groups excluding carboxylic acids is 1. The third-order valence-electron chi connectivity index (χ3n) is 3.63. The average Bonchev–Trinajstić information content (AvgIpc) is 2.44. The van der Waals surface area contributed by atoms with Crippen molar-refractivity contribution < 1.29 is 19.8 Å². The second-order valence-electron chi connectivity index (χ2n) is 5.44. The summed E-state index contributed by atoms with van der Waals surface area (Å²) in [5.74, 6) is -1.12. The van der Waals surface area contributed by atoms with E-state index in [1.54, 1.807) is 4.90 Å². The molecule has 1 fully saturated rings. The molecule has 2 N–H and O–H groups in total. The van der Waals surface area contributed by atoms with Crippen LogP contribution in [0.25, 0.3) is 0 Å². The number of hydrogen-bond donors (Lipinski definition) is 2. The van der Waals surface area contributed by atoms with Crippen molar-refractivity contribution >= 4 is 23.6 Å². The van der Waals surface area contributed by atoms with Gasteiger partial charge >= 0.3 is 5.97 Å². The van der Waals surface area contributed by atoms with Gasteiger partial charge in [0.05, 0.1) is 5.75 Å². The van der Waals surface area contributed by atoms with E-state index in [0.29, 0.717) is 5.16 Å². The Morgan fingerprint density at radius 1 is 1.27 bits per heavy atom. The molecule has 8 heteroatoms. The summed E-state index contributed by atoms with van der Waals surface area (Å²) in [6.07, 6.45) is 0.109. The number of aromatic nitrogens is 2. The molecule has 0 spiro atoms. The fourth-order valence-electron chi connectivity index (χ4n) is 2.32. The van der Waals surface area contributed by atoms with Gasteiger partial charge in [0.1, 0.15) is 0 Å². The lowest BCUT2D eigenvalue weighted by Crippen LogP contribution is -2.51. The predicted octanol–water partition coefficient (Wildman–Crippen LogP) is 0.624. The third-order valence-corrected chi connectivity index (χ3v) is 4.46. The standard InChI is InChI=1S/C14H19N3O4S/c1-9-7-10(2)16-13(15-9)22-8-11(18)17-5-3-14(21,4-6-17)12(19)20/h7,21H,3-6,8H2,1-2H3,(H,19,20). The lowest BCUT2D eigenvalue weighted by Gasteiger charge is -2.35. The summed E-state index contributed by atoms with van der Waals surface area (Å²) in [7, 11) is 0. The van der Waals surface area contributed by atoms with Gasteiger partial charge < -0.3 is 15.1 Å². The van der Waals surface area contributed by atoms with Crippen LogP contribution in [0, 0.1) is 13.8 Å². The van der Waals surface area contributed by atoms with Gasteiger partial charge in [0.15, 0.2) is 10.8 Å². The largest absolute Gasteiger partial charge is 0.479 e. The van der Waals surface area contributed by atoms with Gasteiger partial charge in [-0.2, -0.15) is 0 Å². The van der Waals surface area contributed by atoms with Crippen LogP contribution in [0.5, 0.6) is 0 Å². The zero-order chi connectivity index (χ0) is 16.3. The van der Waals surface area contributed by atoms with Gasteiger partial charge in [-0.1, -0.05) is 11.8 Å². The van der Waals surface area contributed by atoms with Crippen molar-refractivity contribution in [1.29, 1.82) is 0 Å². The van der Waals surface area contributed by atoms with E-state index in [1.165, 1.54) is 11.8 Å². The van der Waals surface area contributed by atoms with Crippen LogP contribution in [0.15, 0.2) is 11.2 Å². The average molecular weight is 325 g/mol. The van der Waals surface area contributed by atoms with E-state index in [9.17, 15) is 14.7 Å². The maximum absolute atomic E-state index is 12.1. The van der Waals surface area contributed by atoms with Crippen LogP contribution >= 0.6 is 11.8 Å². The molecule has 1 saturated heterocycles. The highest BCUT2D eigenvalue weighted by molar-refractivity contribution is 7.99. The molecular formula is C14H19N3O4S. The molecule has 1 aliphatic rings. The zero-order valence-electron chi connectivity index (χ0n) is 12.6. The van der Waals surface area contributed by atoms with Gasteiger partial charge in [-0.15, -0.1) is 0 Å². The van der Waals surface area contributed by atoms with Crippen LogP contribution in [-0.2, 0) is 9.59 Å². The molecule has 120 valence electrons. The van der Waals surface area contributed by atoms with Gasteiger partial charge in [0.2, 0.25) is 5.91 Å². The molecule has 0 atom stereocenters. The number of thioether (sulfide) groups is 1. The number of aliphatic carboxylic acids is 1. The van der Waals surface area contributed by atoms with Gasteiger partial charge in [0, 0.05) is 37.3 Å². The van der Waals surface area contributed by atoms with E-state index in [4.69, 9.17) is 5.11 Å². The molecule has 1 aliphatic heterocycles. The topological polar surface area (TPSA) is 104 Å². The first-order valence-electron chi connectivity index (χ1n) is 6.99. The highest BCUT2D eigenvalue weighted by Gasteiger charge is 2.40. The van der Waals surface area contributed by atoms with Crippen molar-refractivity contribution in [3.8, 4) is 0 Å². The molecule has 0 radical (unpaired) electrons. The van der Waals surface area contributed by atoms with Crippen LogP contribution in [0.3, 0.4) is 0 Å². The monoisotopic (exact) mass is 325 g/mol. The van der Waals surface area contributed by atoms with Crippen LogP contribution in [0.1, 0.15) is 24.2 Å². The molecule has 7 nitrogen and oxygen atoms in total. The smallest absolute Gasteiger partial charge is 0.335 e. The molecule has 0 aromatic carbocycles. The van der Waals surface area contributed by atoms with Crippen LogP contribution in [0.2, 0.25) is 0 Å². The maximum Gasteiger partial charge on any atom is 0.335 e. The normalized spacial score (nSPS) is 17.3. The summed E-state index contributed by atoms with van der Waals surface area (Å²) < 4.78 is 0. The molecule has 22 heavy (non-hydrogen) atoms. The van der Waals surface area contributed by atoms with Gasteiger partial charge in [-0.3, -0.25) is 4.79 Å². The number of amides is 1. The highest BCUT2D eigenvalue weighted by atomic mass is 32.2. The molecule has 1 amide bonds. The summed E-state index contributed by atoms with van der Waals surface area (Å²) >= 11 is 1.26. The van der Waals surface area contributed by atoms with Crippen LogP contribution in [-0.4, -0.2) is 61.4 Å². The number of carboxylic acids is 1. The summed E-state index contributed by atoms with van der Waals surface area (Å²) in [6.45, 7) is 4.24. The second kappa shape index (κ2) is 6.62. The van der Waals surface area contributed by atoms with Crippen molar-refractivity contribution in [1.82, 2.24) is 14.9 Å². The Hall–Kier alpha value is -1.67. The quantitative estimate of drug-likeness (QED) is 0.618. The molecule has 1 aromatic rings. The minimum atomic E-state index is -1.71. The Balaban J connectivity index is 1.87. The van der Waals surface area contributed by atoms with Gasteiger partial charge in [0.25, 0.3) is 0 Å². The first-order valence-corrected chi connectivity index (χ1v) is 7.97. The van der Waals surface area contributed by atoms with Crippen molar-refractivity contribution in [3.05, 3.63) is 17.5 Å². The lowest BCUT2D eigenvalue weighted by molar-refractivity contribution is -0.165. The zero-order valence-corrected chi connectivity index (χ0v) is 13.4. The van der Waals surface area contributed by atoms with E-state index in [1.807, 2.05) is 19.9 Å². The lowest BCUT2D eigenvalue weighted by atomic mass is 9.92. The second-order valence-corrected chi connectivity index (χ2v) is 6.38. The van der Waals surface area contributed by atoms with Crippen molar-refractivity contribution in [2.45, 2.75) is 37.4 Å². The van der Waals surface area contributed by atoms with E-state index < -0.39 is 11.6 Å². The predicted molar refractivity (Wildman–Crippen MR) is 80.6 cm³/mol. The Labute approximate surface area is 132 Å². The molecular weight excluding hydrogens is 306 g/mol. The number of likely N-dealkylation sites (tertiary alicyclic amines) is 1. The molecule has 2 rings (SSSR count). The Bertz CT molecular complexity index is 565. The van der Waals surface area contributed by atoms with Gasteiger partial charge in [-0.25, -0.2) is 14.8 Å². The third kappa shape index (κ3) is 3.95. The van der Waals surface area contributed by atoms with Crippen molar-refractivity contribution in [2.24, 2.45) is 0 Å². The Morgan fingerprint density at radius 3 is 2.32 bits per heavy atom. The first-order chi connectivity index (χ1) is 10.3. The molecule has 0 aliphatic carbocycles. The summed E-state index contributed by atoms with van der Waals surface area (Å²) in [4.78, 5) is 33.2.